The number of nitrogens with zero attached hydrogens (tertiary/aromatic N) is 5. The Labute approximate surface area is 176 Å². The lowest BCUT2D eigenvalue weighted by molar-refractivity contribution is -0.141. The van der Waals surface area contributed by atoms with Gasteiger partial charge in [0.15, 0.2) is 23.1 Å². The van der Waals surface area contributed by atoms with Gasteiger partial charge < -0.3 is 14.5 Å². The molecular formula is C21H19F4N5O. The summed E-state index contributed by atoms with van der Waals surface area (Å²) in [7, 11) is 1.40. The number of anilines is 2. The third-order valence-corrected chi connectivity index (χ3v) is 5.03. The second-order valence-corrected chi connectivity index (χ2v) is 6.97. The monoisotopic (exact) mass is 433 g/mol. The molecule has 6 nitrogen and oxygen atoms in total. The van der Waals surface area contributed by atoms with E-state index in [1.54, 1.807) is 29.2 Å². The number of piperazine rings is 1. The van der Waals surface area contributed by atoms with Gasteiger partial charge in [-0.25, -0.2) is 14.4 Å². The van der Waals surface area contributed by atoms with Crippen molar-refractivity contribution in [3.63, 3.8) is 0 Å². The lowest BCUT2D eigenvalue weighted by Gasteiger charge is -2.37. The van der Waals surface area contributed by atoms with Crippen LogP contribution in [0.3, 0.4) is 0 Å². The van der Waals surface area contributed by atoms with E-state index in [1.165, 1.54) is 25.6 Å². The standard InChI is InChI=1S/C21H19F4N5O/c1-31-17-5-4-15(11-16(17)22)29-7-9-30(10-8-29)19-12-18(21(23,24)25)27-20(28-19)14-3-2-6-26-13-14/h2-6,11-13H,7-10H2,1H3. The van der Waals surface area contributed by atoms with Crippen LogP contribution in [0.5, 0.6) is 5.75 Å². The number of methoxy groups -OCH3 is 1. The molecule has 0 atom stereocenters. The van der Waals surface area contributed by atoms with Gasteiger partial charge in [0, 0.05) is 62.0 Å². The molecule has 1 aliphatic heterocycles. The third-order valence-electron chi connectivity index (χ3n) is 5.03. The van der Waals surface area contributed by atoms with Crippen LogP contribution in [0.1, 0.15) is 5.69 Å². The minimum absolute atomic E-state index is 0.0300. The van der Waals surface area contributed by atoms with Gasteiger partial charge in [-0.05, 0) is 24.3 Å². The van der Waals surface area contributed by atoms with Gasteiger partial charge in [-0.1, -0.05) is 0 Å². The lowest BCUT2D eigenvalue weighted by atomic mass is 10.2. The summed E-state index contributed by atoms with van der Waals surface area (Å²) in [6.07, 6.45) is -1.65. The molecule has 1 saturated heterocycles. The number of aromatic nitrogens is 3. The zero-order chi connectivity index (χ0) is 22.0. The van der Waals surface area contributed by atoms with Crippen LogP contribution in [0.25, 0.3) is 11.4 Å². The first-order chi connectivity index (χ1) is 14.8. The molecule has 1 aliphatic rings. The molecule has 31 heavy (non-hydrogen) atoms. The molecule has 0 aliphatic carbocycles. The molecule has 3 aromatic rings. The number of benzene rings is 1. The third kappa shape index (κ3) is 4.52. The fourth-order valence-electron chi connectivity index (χ4n) is 3.41. The first kappa shape index (κ1) is 20.8. The second kappa shape index (κ2) is 8.37. The van der Waals surface area contributed by atoms with Crippen LogP contribution in [0, 0.1) is 5.82 Å². The topological polar surface area (TPSA) is 54.4 Å². The maximum atomic E-state index is 14.0. The number of rotatable bonds is 4. The van der Waals surface area contributed by atoms with Gasteiger partial charge in [-0.15, -0.1) is 0 Å². The molecule has 162 valence electrons. The van der Waals surface area contributed by atoms with Gasteiger partial charge in [0.05, 0.1) is 7.11 Å². The molecule has 0 saturated carbocycles. The van der Waals surface area contributed by atoms with Crippen molar-refractivity contribution in [1.82, 2.24) is 15.0 Å². The molecule has 0 bridgehead atoms. The molecule has 10 heteroatoms. The first-order valence-electron chi connectivity index (χ1n) is 9.55. The fourth-order valence-corrected chi connectivity index (χ4v) is 3.41. The summed E-state index contributed by atoms with van der Waals surface area (Å²) in [6, 6.07) is 8.89. The van der Waals surface area contributed by atoms with Crippen molar-refractivity contribution in [2.75, 3.05) is 43.1 Å². The van der Waals surface area contributed by atoms with Gasteiger partial charge in [-0.3, -0.25) is 4.98 Å². The Bertz CT molecular complexity index is 1050. The Morgan fingerprint density at radius 3 is 2.32 bits per heavy atom. The molecule has 0 unspecified atom stereocenters. The van der Waals surface area contributed by atoms with E-state index < -0.39 is 17.7 Å². The summed E-state index contributed by atoms with van der Waals surface area (Å²) >= 11 is 0. The Morgan fingerprint density at radius 2 is 1.71 bits per heavy atom. The van der Waals surface area contributed by atoms with E-state index in [0.717, 1.165) is 6.07 Å². The SMILES string of the molecule is COc1ccc(N2CCN(c3cc(C(F)(F)F)nc(-c4cccnc4)n3)CC2)cc1F. The van der Waals surface area contributed by atoms with Crippen LogP contribution in [-0.4, -0.2) is 48.2 Å². The molecule has 3 heterocycles. The van der Waals surface area contributed by atoms with E-state index in [1.807, 2.05) is 4.90 Å². The van der Waals surface area contributed by atoms with E-state index >= 15 is 0 Å². The minimum Gasteiger partial charge on any atom is -0.494 e. The molecule has 1 aromatic carbocycles. The molecule has 4 rings (SSSR count). The van der Waals surface area contributed by atoms with Gasteiger partial charge in [0.2, 0.25) is 0 Å². The number of hydrogen-bond acceptors (Lipinski definition) is 6. The summed E-state index contributed by atoms with van der Waals surface area (Å²) < 4.78 is 59.3. The Hall–Kier alpha value is -3.43. The van der Waals surface area contributed by atoms with Crippen molar-refractivity contribution in [3.8, 4) is 17.1 Å². The quantitative estimate of drug-likeness (QED) is 0.579. The van der Waals surface area contributed by atoms with Crippen molar-refractivity contribution in [2.45, 2.75) is 6.18 Å². The Morgan fingerprint density at radius 1 is 0.968 bits per heavy atom. The lowest BCUT2D eigenvalue weighted by Crippen LogP contribution is -2.47. The zero-order valence-corrected chi connectivity index (χ0v) is 16.6. The highest BCUT2D eigenvalue weighted by molar-refractivity contribution is 5.58. The first-order valence-corrected chi connectivity index (χ1v) is 9.55. The molecule has 0 radical (unpaired) electrons. The minimum atomic E-state index is -4.60. The molecule has 0 N–H and O–H groups in total. The van der Waals surface area contributed by atoms with Crippen molar-refractivity contribution in [2.24, 2.45) is 0 Å². The van der Waals surface area contributed by atoms with E-state index in [-0.39, 0.29) is 17.4 Å². The molecule has 0 amide bonds. The van der Waals surface area contributed by atoms with Crippen LogP contribution < -0.4 is 14.5 Å². The van der Waals surface area contributed by atoms with Crippen LogP contribution in [0.4, 0.5) is 29.1 Å². The Balaban J connectivity index is 1.57. The number of ether oxygens (including phenoxy) is 1. The van der Waals surface area contributed by atoms with Gasteiger partial charge in [0.1, 0.15) is 5.82 Å². The van der Waals surface area contributed by atoms with Crippen molar-refractivity contribution in [3.05, 3.63) is 60.3 Å². The van der Waals surface area contributed by atoms with Gasteiger partial charge in [0.25, 0.3) is 0 Å². The van der Waals surface area contributed by atoms with Crippen LogP contribution >= 0.6 is 0 Å². The van der Waals surface area contributed by atoms with Crippen molar-refractivity contribution in [1.29, 1.82) is 0 Å². The highest BCUT2D eigenvalue weighted by Gasteiger charge is 2.34. The average Bonchev–Trinajstić information content (AvgIpc) is 2.79. The van der Waals surface area contributed by atoms with E-state index in [4.69, 9.17) is 4.74 Å². The summed E-state index contributed by atoms with van der Waals surface area (Å²) in [5.74, 6) is -0.139. The smallest absolute Gasteiger partial charge is 0.433 e. The number of halogens is 4. The summed E-state index contributed by atoms with van der Waals surface area (Å²) in [5, 5.41) is 0. The zero-order valence-electron chi connectivity index (χ0n) is 16.6. The maximum absolute atomic E-state index is 14.0. The second-order valence-electron chi connectivity index (χ2n) is 6.97. The number of pyridine rings is 1. The van der Waals surface area contributed by atoms with Crippen LogP contribution in [-0.2, 0) is 6.18 Å². The van der Waals surface area contributed by atoms with E-state index in [0.29, 0.717) is 37.4 Å². The molecular weight excluding hydrogens is 414 g/mol. The largest absolute Gasteiger partial charge is 0.494 e. The number of alkyl halides is 3. The number of hydrogen-bond donors (Lipinski definition) is 0. The maximum Gasteiger partial charge on any atom is 0.433 e. The van der Waals surface area contributed by atoms with E-state index in [9.17, 15) is 17.6 Å². The van der Waals surface area contributed by atoms with Gasteiger partial charge >= 0.3 is 6.18 Å². The summed E-state index contributed by atoms with van der Waals surface area (Å²) in [5.41, 5.74) is 0.0888. The average molecular weight is 433 g/mol. The molecule has 0 spiro atoms. The highest BCUT2D eigenvalue weighted by Crippen LogP contribution is 2.32. The molecule has 2 aromatic heterocycles. The van der Waals surface area contributed by atoms with Crippen LogP contribution in [0.2, 0.25) is 0 Å². The fraction of sp³-hybridized carbons (Fsp3) is 0.286. The van der Waals surface area contributed by atoms with Crippen molar-refractivity contribution < 1.29 is 22.3 Å². The van der Waals surface area contributed by atoms with E-state index in [2.05, 4.69) is 15.0 Å². The Kier molecular flexibility index (Phi) is 5.62. The summed E-state index contributed by atoms with van der Waals surface area (Å²) in [4.78, 5) is 15.7. The predicted molar refractivity (Wildman–Crippen MR) is 108 cm³/mol. The van der Waals surface area contributed by atoms with Crippen LogP contribution in [0.15, 0.2) is 48.8 Å². The normalized spacial score (nSPS) is 14.6. The summed E-state index contributed by atoms with van der Waals surface area (Å²) in [6.45, 7) is 1.85. The predicted octanol–water partition coefficient (Wildman–Crippen LogP) is 4.03. The molecule has 1 fully saturated rings. The van der Waals surface area contributed by atoms with Crippen molar-refractivity contribution >= 4 is 11.5 Å². The van der Waals surface area contributed by atoms with Gasteiger partial charge in [-0.2, -0.15) is 13.2 Å². The highest BCUT2D eigenvalue weighted by atomic mass is 19.4.